The van der Waals surface area contributed by atoms with Crippen LogP contribution in [0.2, 0.25) is 0 Å². The lowest BCUT2D eigenvalue weighted by molar-refractivity contribution is 0.0944. The van der Waals surface area contributed by atoms with Crippen molar-refractivity contribution in [3.63, 3.8) is 0 Å². The van der Waals surface area contributed by atoms with E-state index in [4.69, 9.17) is 4.98 Å². The van der Waals surface area contributed by atoms with Crippen molar-refractivity contribution >= 4 is 22.5 Å². The Morgan fingerprint density at radius 2 is 1.72 bits per heavy atom. The molecule has 25 heavy (non-hydrogen) atoms. The number of para-hydroxylation sites is 1. The molecule has 1 heterocycles. The Labute approximate surface area is 146 Å². The summed E-state index contributed by atoms with van der Waals surface area (Å²) in [6.07, 6.45) is 2.30. The lowest BCUT2D eigenvalue weighted by Crippen LogP contribution is -2.36. The van der Waals surface area contributed by atoms with Gasteiger partial charge in [0.1, 0.15) is 0 Å². The van der Waals surface area contributed by atoms with E-state index < -0.39 is 0 Å². The largest absolute Gasteiger partial charge is 0.298 e. The Hall–Kier alpha value is -3.14. The number of rotatable bonds is 5. The normalized spacial score (nSPS) is 13.4. The summed E-state index contributed by atoms with van der Waals surface area (Å²) in [5.41, 5.74) is 9.76. The van der Waals surface area contributed by atoms with Gasteiger partial charge in [0, 0.05) is 17.0 Å². The van der Waals surface area contributed by atoms with Crippen LogP contribution in [0.4, 0.5) is 0 Å². The Kier molecular flexibility index (Phi) is 3.94. The number of hydrazine groups is 1. The maximum absolute atomic E-state index is 12.7. The number of benzene rings is 2. The van der Waals surface area contributed by atoms with E-state index in [0.717, 1.165) is 35.0 Å². The first kappa shape index (κ1) is 15.4. The maximum atomic E-state index is 12.7. The van der Waals surface area contributed by atoms with Gasteiger partial charge in [-0.25, -0.2) is 0 Å². The number of carbonyl (C=O) groups excluding carboxylic acids is 1. The third-order valence-electron chi connectivity index (χ3n) is 4.43. The number of hydrogen-bond donors (Lipinski definition) is 2. The molecule has 1 aliphatic rings. The molecule has 1 fully saturated rings. The van der Waals surface area contributed by atoms with Crippen molar-refractivity contribution in [1.29, 1.82) is 0 Å². The van der Waals surface area contributed by atoms with Gasteiger partial charge in [0.05, 0.1) is 16.8 Å². The van der Waals surface area contributed by atoms with Crippen molar-refractivity contribution in [1.82, 2.24) is 15.8 Å². The number of hydrogen-bond acceptors (Lipinski definition) is 3. The Balaban J connectivity index is 1.58. The van der Waals surface area contributed by atoms with Gasteiger partial charge in [0.2, 0.25) is 0 Å². The minimum Gasteiger partial charge on any atom is -0.298 e. The van der Waals surface area contributed by atoms with Gasteiger partial charge >= 0.3 is 0 Å². The highest BCUT2D eigenvalue weighted by atomic mass is 16.2. The smallest absolute Gasteiger partial charge is 0.270 e. The second-order valence-electron chi connectivity index (χ2n) is 6.31. The molecule has 0 bridgehead atoms. The lowest BCUT2D eigenvalue weighted by Gasteiger charge is -2.13. The predicted octanol–water partition coefficient (Wildman–Crippen LogP) is 4.02. The van der Waals surface area contributed by atoms with Crippen LogP contribution in [0.3, 0.4) is 0 Å². The number of pyridine rings is 1. The minimum absolute atomic E-state index is 0.183. The van der Waals surface area contributed by atoms with Crippen LogP contribution in [0, 0.1) is 0 Å². The van der Waals surface area contributed by atoms with E-state index in [1.807, 2.05) is 60.7 Å². The van der Waals surface area contributed by atoms with Gasteiger partial charge in [-0.2, -0.15) is 0 Å². The van der Waals surface area contributed by atoms with Crippen LogP contribution in [-0.4, -0.2) is 10.9 Å². The molecule has 0 aliphatic heterocycles. The van der Waals surface area contributed by atoms with Gasteiger partial charge in [-0.15, -0.1) is 0 Å². The zero-order valence-corrected chi connectivity index (χ0v) is 13.8. The van der Waals surface area contributed by atoms with Crippen molar-refractivity contribution < 1.29 is 4.79 Å². The average Bonchev–Trinajstić information content (AvgIpc) is 3.51. The van der Waals surface area contributed by atoms with Crippen LogP contribution < -0.4 is 10.9 Å². The molecule has 0 radical (unpaired) electrons. The van der Waals surface area contributed by atoms with Crippen molar-refractivity contribution in [2.75, 3.05) is 0 Å². The zero-order valence-electron chi connectivity index (χ0n) is 13.8. The molecule has 1 aliphatic carbocycles. The summed E-state index contributed by atoms with van der Waals surface area (Å²) in [6.45, 7) is 3.97. The van der Waals surface area contributed by atoms with E-state index in [0.29, 0.717) is 17.2 Å². The van der Waals surface area contributed by atoms with E-state index in [9.17, 15) is 4.79 Å². The molecule has 2 N–H and O–H groups in total. The second-order valence-corrected chi connectivity index (χ2v) is 6.31. The number of amides is 1. The van der Waals surface area contributed by atoms with Crippen molar-refractivity contribution in [2.24, 2.45) is 0 Å². The first-order valence-corrected chi connectivity index (χ1v) is 8.43. The third kappa shape index (κ3) is 3.24. The topological polar surface area (TPSA) is 54.0 Å². The summed E-state index contributed by atoms with van der Waals surface area (Å²) in [5, 5.41) is 0.858. The predicted molar refractivity (Wildman–Crippen MR) is 99.8 cm³/mol. The fraction of sp³-hybridized carbons (Fsp3) is 0.143. The molecule has 0 spiro atoms. The Morgan fingerprint density at radius 1 is 1.00 bits per heavy atom. The van der Waals surface area contributed by atoms with Gasteiger partial charge in [-0.05, 0) is 30.5 Å². The fourth-order valence-corrected chi connectivity index (χ4v) is 2.88. The highest BCUT2D eigenvalue weighted by molar-refractivity contribution is 6.06. The molecule has 0 unspecified atom stereocenters. The Morgan fingerprint density at radius 3 is 2.48 bits per heavy atom. The van der Waals surface area contributed by atoms with Gasteiger partial charge in [-0.3, -0.25) is 20.6 Å². The fourth-order valence-electron chi connectivity index (χ4n) is 2.88. The molecule has 1 aromatic heterocycles. The monoisotopic (exact) mass is 329 g/mol. The highest BCUT2D eigenvalue weighted by Crippen LogP contribution is 2.40. The quantitative estimate of drug-likeness (QED) is 0.695. The highest BCUT2D eigenvalue weighted by Gasteiger charge is 2.26. The van der Waals surface area contributed by atoms with E-state index in [1.165, 1.54) is 0 Å². The van der Waals surface area contributed by atoms with Gasteiger partial charge in [0.25, 0.3) is 5.91 Å². The first-order valence-electron chi connectivity index (χ1n) is 8.43. The second kappa shape index (κ2) is 6.40. The van der Waals surface area contributed by atoms with Crippen LogP contribution in [0.25, 0.3) is 16.6 Å². The van der Waals surface area contributed by atoms with E-state index in [1.54, 1.807) is 0 Å². The molecular weight excluding hydrogens is 310 g/mol. The van der Waals surface area contributed by atoms with Crippen LogP contribution in [0.15, 0.2) is 67.2 Å². The molecule has 3 aromatic rings. The summed E-state index contributed by atoms with van der Waals surface area (Å²) >= 11 is 0. The van der Waals surface area contributed by atoms with Crippen LogP contribution in [0.1, 0.15) is 40.4 Å². The molecule has 2 aromatic carbocycles. The van der Waals surface area contributed by atoms with Crippen molar-refractivity contribution in [3.8, 4) is 0 Å². The summed E-state index contributed by atoms with van der Waals surface area (Å²) in [6, 6.07) is 19.4. The molecule has 1 amide bonds. The SMILES string of the molecule is C=C(NNC(=O)c1cc(C2CC2)nc2ccccc12)c1ccccc1. The van der Waals surface area contributed by atoms with E-state index in [2.05, 4.69) is 17.4 Å². The molecular formula is C21H19N3O. The zero-order chi connectivity index (χ0) is 17.2. The molecule has 4 rings (SSSR count). The number of carbonyl (C=O) groups is 1. The summed E-state index contributed by atoms with van der Waals surface area (Å²) in [5.74, 6) is 0.306. The summed E-state index contributed by atoms with van der Waals surface area (Å²) < 4.78 is 0. The summed E-state index contributed by atoms with van der Waals surface area (Å²) in [4.78, 5) is 17.5. The number of nitrogens with zero attached hydrogens (tertiary/aromatic N) is 1. The standard InChI is InChI=1S/C21H19N3O/c1-14(15-7-3-2-4-8-15)23-24-21(25)18-13-20(16-11-12-16)22-19-10-6-5-9-17(18)19/h2-10,13,16,23H,1,11-12H2,(H,24,25). The molecule has 4 heteroatoms. The number of nitrogens with one attached hydrogen (secondary N) is 2. The molecule has 124 valence electrons. The van der Waals surface area contributed by atoms with Gasteiger partial charge in [0.15, 0.2) is 0 Å². The summed E-state index contributed by atoms with van der Waals surface area (Å²) in [7, 11) is 0. The number of fused-ring (bicyclic) bond motifs is 1. The minimum atomic E-state index is -0.183. The molecule has 0 atom stereocenters. The molecule has 1 saturated carbocycles. The molecule has 4 nitrogen and oxygen atoms in total. The van der Waals surface area contributed by atoms with E-state index >= 15 is 0 Å². The van der Waals surface area contributed by atoms with Crippen molar-refractivity contribution in [2.45, 2.75) is 18.8 Å². The lowest BCUT2D eigenvalue weighted by atomic mass is 10.1. The van der Waals surface area contributed by atoms with Crippen LogP contribution >= 0.6 is 0 Å². The number of aromatic nitrogens is 1. The van der Waals surface area contributed by atoms with Gasteiger partial charge < -0.3 is 0 Å². The Bertz CT molecular complexity index is 946. The maximum Gasteiger partial charge on any atom is 0.270 e. The van der Waals surface area contributed by atoms with Crippen LogP contribution in [-0.2, 0) is 0 Å². The van der Waals surface area contributed by atoms with Crippen LogP contribution in [0.5, 0.6) is 0 Å². The van der Waals surface area contributed by atoms with Gasteiger partial charge in [-0.1, -0.05) is 55.1 Å². The third-order valence-corrected chi connectivity index (χ3v) is 4.43. The first-order chi connectivity index (χ1) is 12.2. The molecule has 0 saturated heterocycles. The van der Waals surface area contributed by atoms with E-state index in [-0.39, 0.29) is 5.91 Å². The average molecular weight is 329 g/mol. The van der Waals surface area contributed by atoms with Crippen molar-refractivity contribution in [3.05, 3.63) is 84.1 Å².